The first-order valence-electron chi connectivity index (χ1n) is 6.57. The van der Waals surface area contributed by atoms with Gasteiger partial charge in [0.15, 0.2) is 0 Å². The molecule has 1 N–H and O–H groups in total. The fourth-order valence-corrected chi connectivity index (χ4v) is 2.34. The molecule has 1 aliphatic heterocycles. The number of carbonyl (C=O) groups is 1. The molecule has 0 spiro atoms. The van der Waals surface area contributed by atoms with E-state index < -0.39 is 23.8 Å². The second kappa shape index (κ2) is 6.04. The van der Waals surface area contributed by atoms with Crippen LogP contribution in [0.25, 0.3) is 0 Å². The average molecular weight is 297 g/mol. The Balaban J connectivity index is 2.18. The smallest absolute Gasteiger partial charge is 0.309 e. The molecule has 21 heavy (non-hydrogen) atoms. The molecule has 1 aromatic rings. The van der Waals surface area contributed by atoms with E-state index >= 15 is 0 Å². The summed E-state index contributed by atoms with van der Waals surface area (Å²) < 4.78 is 38.6. The molecule has 7 heteroatoms. The lowest BCUT2D eigenvalue weighted by Crippen LogP contribution is -2.45. The quantitative estimate of drug-likeness (QED) is 0.860. The molecule has 112 valence electrons. The van der Waals surface area contributed by atoms with Crippen LogP contribution in [0.3, 0.4) is 0 Å². The first-order chi connectivity index (χ1) is 9.93. The van der Waals surface area contributed by atoms with Crippen LogP contribution in [-0.4, -0.2) is 23.5 Å². The fraction of sp³-hybridized carbons (Fsp3) is 0.429. The van der Waals surface area contributed by atoms with Gasteiger partial charge in [-0.2, -0.15) is 18.4 Å². The van der Waals surface area contributed by atoms with Gasteiger partial charge in [-0.15, -0.1) is 0 Å². The monoisotopic (exact) mass is 297 g/mol. The maximum atomic E-state index is 12.9. The van der Waals surface area contributed by atoms with E-state index in [1.165, 1.54) is 23.1 Å². The molecule has 0 aliphatic carbocycles. The summed E-state index contributed by atoms with van der Waals surface area (Å²) in [6.45, 7) is 0.373. The van der Waals surface area contributed by atoms with Crippen molar-refractivity contribution in [2.24, 2.45) is 0 Å². The minimum Gasteiger partial charge on any atom is -0.309 e. The zero-order valence-electron chi connectivity index (χ0n) is 11.2. The van der Waals surface area contributed by atoms with E-state index in [1.54, 1.807) is 0 Å². The molecule has 0 radical (unpaired) electrons. The van der Waals surface area contributed by atoms with E-state index in [1.807, 2.05) is 6.07 Å². The number of hydrogen-bond acceptors (Lipinski definition) is 2. The van der Waals surface area contributed by atoms with Gasteiger partial charge in [0.2, 0.25) is 0 Å². The Labute approximate surface area is 120 Å². The number of para-hydroxylation sites is 1. The van der Waals surface area contributed by atoms with Crippen molar-refractivity contribution in [2.45, 2.75) is 31.5 Å². The maximum Gasteiger partial charge on any atom is 0.418 e. The van der Waals surface area contributed by atoms with Crippen molar-refractivity contribution in [3.05, 3.63) is 29.8 Å². The zero-order chi connectivity index (χ0) is 15.5. The van der Waals surface area contributed by atoms with E-state index in [4.69, 9.17) is 5.26 Å². The minimum atomic E-state index is -4.54. The number of anilines is 1. The second-order valence-electron chi connectivity index (χ2n) is 4.81. The molecule has 0 saturated carbocycles. The van der Waals surface area contributed by atoms with Gasteiger partial charge < -0.3 is 10.2 Å². The van der Waals surface area contributed by atoms with Crippen molar-refractivity contribution in [3.8, 4) is 6.07 Å². The molecular formula is C14H14F3N3O. The number of benzene rings is 1. The number of rotatable bonds is 1. The van der Waals surface area contributed by atoms with E-state index in [-0.39, 0.29) is 5.69 Å². The molecule has 1 saturated heterocycles. The van der Waals surface area contributed by atoms with Crippen molar-refractivity contribution < 1.29 is 18.0 Å². The van der Waals surface area contributed by atoms with Gasteiger partial charge in [-0.1, -0.05) is 12.1 Å². The predicted molar refractivity (Wildman–Crippen MR) is 70.4 cm³/mol. The number of nitriles is 1. The average Bonchev–Trinajstić information content (AvgIpc) is 2.46. The highest BCUT2D eigenvalue weighted by molar-refractivity contribution is 5.90. The fourth-order valence-electron chi connectivity index (χ4n) is 2.34. The molecule has 0 bridgehead atoms. The zero-order valence-corrected chi connectivity index (χ0v) is 11.2. The Hall–Kier alpha value is -2.23. The van der Waals surface area contributed by atoms with Crippen molar-refractivity contribution in [1.29, 1.82) is 5.26 Å². The maximum absolute atomic E-state index is 12.9. The Morgan fingerprint density at radius 1 is 1.33 bits per heavy atom. The molecule has 1 aromatic carbocycles. The van der Waals surface area contributed by atoms with Crippen LogP contribution in [-0.2, 0) is 6.18 Å². The number of halogens is 3. The summed E-state index contributed by atoms with van der Waals surface area (Å²) >= 11 is 0. The van der Waals surface area contributed by atoms with Crippen molar-refractivity contribution in [1.82, 2.24) is 4.90 Å². The van der Waals surface area contributed by atoms with Gasteiger partial charge in [0.25, 0.3) is 0 Å². The lowest BCUT2D eigenvalue weighted by atomic mass is 10.0. The first-order valence-corrected chi connectivity index (χ1v) is 6.57. The largest absolute Gasteiger partial charge is 0.418 e. The van der Waals surface area contributed by atoms with Crippen LogP contribution >= 0.6 is 0 Å². The van der Waals surface area contributed by atoms with E-state index in [0.717, 1.165) is 18.9 Å². The summed E-state index contributed by atoms with van der Waals surface area (Å²) in [5.74, 6) is 0. The Morgan fingerprint density at radius 2 is 2.05 bits per heavy atom. The van der Waals surface area contributed by atoms with Gasteiger partial charge >= 0.3 is 12.2 Å². The van der Waals surface area contributed by atoms with Crippen molar-refractivity contribution in [2.75, 3.05) is 11.9 Å². The number of nitrogens with one attached hydrogen (secondary N) is 1. The molecule has 1 heterocycles. The van der Waals surface area contributed by atoms with Crippen LogP contribution in [0, 0.1) is 11.3 Å². The van der Waals surface area contributed by atoms with Crippen LogP contribution in [0.5, 0.6) is 0 Å². The third-order valence-electron chi connectivity index (χ3n) is 3.39. The predicted octanol–water partition coefficient (Wildman–Crippen LogP) is 3.62. The highest BCUT2D eigenvalue weighted by atomic mass is 19.4. The Morgan fingerprint density at radius 3 is 2.71 bits per heavy atom. The first kappa shape index (κ1) is 15.2. The number of nitrogens with zero attached hydrogens (tertiary/aromatic N) is 2. The molecule has 1 aliphatic rings. The Kier molecular flexibility index (Phi) is 4.36. The molecule has 1 atom stereocenters. The van der Waals surface area contributed by atoms with E-state index in [2.05, 4.69) is 5.32 Å². The number of piperidine rings is 1. The lowest BCUT2D eigenvalue weighted by Gasteiger charge is -2.31. The highest BCUT2D eigenvalue weighted by Crippen LogP contribution is 2.34. The molecular weight excluding hydrogens is 283 g/mol. The second-order valence-corrected chi connectivity index (χ2v) is 4.81. The number of carbonyl (C=O) groups excluding carboxylic acids is 1. The third-order valence-corrected chi connectivity index (χ3v) is 3.39. The summed E-state index contributed by atoms with van der Waals surface area (Å²) in [4.78, 5) is 13.4. The SMILES string of the molecule is N#CC1CCCCN1C(=O)Nc1ccccc1C(F)(F)F. The standard InChI is InChI=1S/C14H14F3N3O/c15-14(16,17)11-6-1-2-7-12(11)19-13(21)20-8-4-3-5-10(20)9-18/h1-2,6-7,10H,3-5,8H2,(H,19,21). The number of likely N-dealkylation sites (tertiary alicyclic amines) is 1. The number of amides is 2. The molecule has 1 unspecified atom stereocenters. The third kappa shape index (κ3) is 3.45. The summed E-state index contributed by atoms with van der Waals surface area (Å²) in [6, 6.07) is 5.55. The Bertz CT molecular complexity index is 565. The van der Waals surface area contributed by atoms with Gasteiger partial charge in [0, 0.05) is 6.54 Å². The van der Waals surface area contributed by atoms with E-state index in [9.17, 15) is 18.0 Å². The number of urea groups is 1. The van der Waals surface area contributed by atoms with Crippen LogP contribution < -0.4 is 5.32 Å². The lowest BCUT2D eigenvalue weighted by molar-refractivity contribution is -0.136. The topological polar surface area (TPSA) is 56.1 Å². The van der Waals surface area contributed by atoms with E-state index in [0.29, 0.717) is 13.0 Å². The molecule has 2 amide bonds. The summed E-state index contributed by atoms with van der Waals surface area (Å²) in [5, 5.41) is 11.3. The molecule has 2 rings (SSSR count). The number of alkyl halides is 3. The van der Waals surface area contributed by atoms with Crippen LogP contribution in [0.2, 0.25) is 0 Å². The molecule has 0 aromatic heterocycles. The van der Waals surface area contributed by atoms with Crippen LogP contribution in [0.4, 0.5) is 23.7 Å². The highest BCUT2D eigenvalue weighted by Gasteiger charge is 2.34. The minimum absolute atomic E-state index is 0.294. The summed E-state index contributed by atoms with van der Waals surface area (Å²) in [6.07, 6.45) is -2.42. The van der Waals surface area contributed by atoms with Crippen molar-refractivity contribution >= 4 is 11.7 Å². The van der Waals surface area contributed by atoms with Crippen LogP contribution in [0.1, 0.15) is 24.8 Å². The van der Waals surface area contributed by atoms with Crippen LogP contribution in [0.15, 0.2) is 24.3 Å². The molecule has 4 nitrogen and oxygen atoms in total. The van der Waals surface area contributed by atoms with Gasteiger partial charge in [0.1, 0.15) is 6.04 Å². The van der Waals surface area contributed by atoms with Gasteiger partial charge in [-0.05, 0) is 31.4 Å². The van der Waals surface area contributed by atoms with Gasteiger partial charge in [-0.25, -0.2) is 4.79 Å². The summed E-state index contributed by atoms with van der Waals surface area (Å²) in [5.41, 5.74) is -1.19. The number of hydrogen-bond donors (Lipinski definition) is 1. The summed E-state index contributed by atoms with van der Waals surface area (Å²) in [7, 11) is 0. The van der Waals surface area contributed by atoms with Gasteiger partial charge in [-0.3, -0.25) is 0 Å². The van der Waals surface area contributed by atoms with Gasteiger partial charge in [0.05, 0.1) is 17.3 Å². The normalized spacial score (nSPS) is 19.0. The van der Waals surface area contributed by atoms with Crippen molar-refractivity contribution in [3.63, 3.8) is 0 Å². The molecule has 1 fully saturated rings.